The zero-order valence-corrected chi connectivity index (χ0v) is 16.0. The molecule has 1 aliphatic rings. The largest absolute Gasteiger partial charge is 0.481 e. The SMILES string of the molecule is CC(Oc1ccccc1)C(=O)N1CCC(Cn2ccnc2C(C)C)CC1. The van der Waals surface area contributed by atoms with Crippen molar-refractivity contribution in [3.8, 4) is 5.75 Å². The van der Waals surface area contributed by atoms with Crippen LogP contribution in [0.1, 0.15) is 45.4 Å². The Bertz CT molecular complexity index is 703. The molecule has 0 radical (unpaired) electrons. The van der Waals surface area contributed by atoms with Crippen LogP contribution in [0, 0.1) is 5.92 Å². The number of carbonyl (C=O) groups is 1. The summed E-state index contributed by atoms with van der Waals surface area (Å²) < 4.78 is 8.05. The highest BCUT2D eigenvalue weighted by Crippen LogP contribution is 2.22. The van der Waals surface area contributed by atoms with Gasteiger partial charge in [-0.3, -0.25) is 4.79 Å². The molecule has 140 valence electrons. The zero-order valence-electron chi connectivity index (χ0n) is 16.0. The van der Waals surface area contributed by atoms with Gasteiger partial charge >= 0.3 is 0 Å². The van der Waals surface area contributed by atoms with Crippen LogP contribution in [0.3, 0.4) is 0 Å². The van der Waals surface area contributed by atoms with Gasteiger partial charge < -0.3 is 14.2 Å². The predicted octanol–water partition coefficient (Wildman–Crippen LogP) is 3.71. The van der Waals surface area contributed by atoms with Crippen molar-refractivity contribution in [2.75, 3.05) is 13.1 Å². The topological polar surface area (TPSA) is 47.4 Å². The highest BCUT2D eigenvalue weighted by molar-refractivity contribution is 5.81. The summed E-state index contributed by atoms with van der Waals surface area (Å²) >= 11 is 0. The maximum atomic E-state index is 12.7. The highest BCUT2D eigenvalue weighted by Gasteiger charge is 2.27. The lowest BCUT2D eigenvalue weighted by Gasteiger charge is -2.34. The van der Waals surface area contributed by atoms with E-state index in [0.29, 0.717) is 11.8 Å². The summed E-state index contributed by atoms with van der Waals surface area (Å²) in [6.45, 7) is 8.78. The van der Waals surface area contributed by atoms with Gasteiger partial charge in [0.2, 0.25) is 0 Å². The summed E-state index contributed by atoms with van der Waals surface area (Å²) in [5.41, 5.74) is 0. The molecule has 1 saturated heterocycles. The summed E-state index contributed by atoms with van der Waals surface area (Å²) in [5.74, 6) is 2.99. The number of carbonyl (C=O) groups excluding carboxylic acids is 1. The van der Waals surface area contributed by atoms with E-state index in [1.165, 1.54) is 0 Å². The van der Waals surface area contributed by atoms with Crippen LogP contribution in [0.25, 0.3) is 0 Å². The van der Waals surface area contributed by atoms with Gasteiger partial charge in [0.25, 0.3) is 5.91 Å². The minimum Gasteiger partial charge on any atom is -0.481 e. The van der Waals surface area contributed by atoms with Gasteiger partial charge in [0, 0.05) is 37.9 Å². The summed E-state index contributed by atoms with van der Waals surface area (Å²) in [6, 6.07) is 9.54. The Kier molecular flexibility index (Phi) is 5.96. The fraction of sp³-hybridized carbons (Fsp3) is 0.524. The molecule has 1 unspecified atom stereocenters. The highest BCUT2D eigenvalue weighted by atomic mass is 16.5. The Labute approximate surface area is 156 Å². The van der Waals surface area contributed by atoms with Gasteiger partial charge in [0.1, 0.15) is 11.6 Å². The molecule has 1 amide bonds. The van der Waals surface area contributed by atoms with E-state index >= 15 is 0 Å². The van der Waals surface area contributed by atoms with Crippen molar-refractivity contribution in [2.45, 2.75) is 52.2 Å². The van der Waals surface area contributed by atoms with E-state index in [1.807, 2.05) is 48.4 Å². The Balaban J connectivity index is 1.50. The normalized spacial score (nSPS) is 16.7. The van der Waals surface area contributed by atoms with Crippen molar-refractivity contribution in [3.05, 3.63) is 48.5 Å². The molecule has 5 nitrogen and oxygen atoms in total. The second-order valence-electron chi connectivity index (χ2n) is 7.43. The number of hydrogen-bond donors (Lipinski definition) is 0. The van der Waals surface area contributed by atoms with Crippen LogP contribution in [-0.2, 0) is 11.3 Å². The van der Waals surface area contributed by atoms with E-state index in [0.717, 1.165) is 44.0 Å². The Hall–Kier alpha value is -2.30. The van der Waals surface area contributed by atoms with Crippen molar-refractivity contribution < 1.29 is 9.53 Å². The average Bonchev–Trinajstić information content (AvgIpc) is 3.11. The number of benzene rings is 1. The first-order chi connectivity index (χ1) is 12.5. The van der Waals surface area contributed by atoms with Crippen molar-refractivity contribution in [3.63, 3.8) is 0 Å². The van der Waals surface area contributed by atoms with Gasteiger partial charge in [-0.25, -0.2) is 4.98 Å². The number of nitrogens with zero attached hydrogens (tertiary/aromatic N) is 3. The standard InChI is InChI=1S/C21H29N3O2/c1-16(2)20-22-11-14-24(20)15-18-9-12-23(13-10-18)21(25)17(3)26-19-7-5-4-6-8-19/h4-8,11,14,16-18H,9-10,12-13,15H2,1-3H3. The monoisotopic (exact) mass is 355 g/mol. The molecule has 0 N–H and O–H groups in total. The van der Waals surface area contributed by atoms with E-state index in [1.54, 1.807) is 0 Å². The number of imidazole rings is 1. The van der Waals surface area contributed by atoms with Gasteiger partial charge in [0.05, 0.1) is 0 Å². The van der Waals surface area contributed by atoms with Crippen molar-refractivity contribution in [1.29, 1.82) is 0 Å². The third-order valence-corrected chi connectivity index (χ3v) is 5.05. The number of ether oxygens (including phenoxy) is 1. The van der Waals surface area contributed by atoms with Crippen LogP contribution in [0.15, 0.2) is 42.7 Å². The summed E-state index contributed by atoms with van der Waals surface area (Å²) in [5, 5.41) is 0. The molecular formula is C21H29N3O2. The fourth-order valence-corrected chi connectivity index (χ4v) is 3.60. The number of piperidine rings is 1. The molecule has 1 aromatic heterocycles. The number of hydrogen-bond acceptors (Lipinski definition) is 3. The van der Waals surface area contributed by atoms with E-state index in [9.17, 15) is 4.79 Å². The Morgan fingerprint density at radius 3 is 2.54 bits per heavy atom. The van der Waals surface area contributed by atoms with Crippen LogP contribution in [0.2, 0.25) is 0 Å². The molecule has 2 heterocycles. The van der Waals surface area contributed by atoms with Crippen LogP contribution in [0.4, 0.5) is 0 Å². The molecule has 0 spiro atoms. The maximum Gasteiger partial charge on any atom is 0.263 e. The minimum atomic E-state index is -0.449. The van der Waals surface area contributed by atoms with Gasteiger partial charge in [0.15, 0.2) is 6.10 Å². The van der Waals surface area contributed by atoms with Crippen molar-refractivity contribution in [1.82, 2.24) is 14.5 Å². The fourth-order valence-electron chi connectivity index (χ4n) is 3.60. The number of aromatic nitrogens is 2. The smallest absolute Gasteiger partial charge is 0.263 e. The molecule has 5 heteroatoms. The van der Waals surface area contributed by atoms with Crippen molar-refractivity contribution in [2.24, 2.45) is 5.92 Å². The van der Waals surface area contributed by atoms with Gasteiger partial charge in [-0.2, -0.15) is 0 Å². The lowest BCUT2D eigenvalue weighted by atomic mass is 9.96. The molecule has 26 heavy (non-hydrogen) atoms. The van der Waals surface area contributed by atoms with E-state index < -0.39 is 6.10 Å². The van der Waals surface area contributed by atoms with Crippen LogP contribution in [0.5, 0.6) is 5.75 Å². The minimum absolute atomic E-state index is 0.0813. The molecule has 1 aromatic carbocycles. The third kappa shape index (κ3) is 4.45. The van der Waals surface area contributed by atoms with E-state index in [2.05, 4.69) is 29.6 Å². The van der Waals surface area contributed by atoms with Gasteiger partial charge in [-0.05, 0) is 37.8 Å². The van der Waals surface area contributed by atoms with E-state index in [4.69, 9.17) is 4.74 Å². The zero-order chi connectivity index (χ0) is 18.5. The van der Waals surface area contributed by atoms with Crippen LogP contribution in [-0.4, -0.2) is 39.6 Å². The lowest BCUT2D eigenvalue weighted by molar-refractivity contribution is -0.139. The molecule has 1 aliphatic heterocycles. The number of para-hydroxylation sites is 1. The van der Waals surface area contributed by atoms with E-state index in [-0.39, 0.29) is 5.91 Å². The molecule has 1 atom stereocenters. The lowest BCUT2D eigenvalue weighted by Crippen LogP contribution is -2.45. The maximum absolute atomic E-state index is 12.7. The summed E-state index contributed by atoms with van der Waals surface area (Å²) in [7, 11) is 0. The second-order valence-corrected chi connectivity index (χ2v) is 7.43. The molecule has 2 aromatic rings. The Morgan fingerprint density at radius 1 is 1.19 bits per heavy atom. The first-order valence-electron chi connectivity index (χ1n) is 9.56. The summed E-state index contributed by atoms with van der Waals surface area (Å²) in [6.07, 6.45) is 5.56. The molecule has 0 saturated carbocycles. The first kappa shape index (κ1) is 18.5. The van der Waals surface area contributed by atoms with Crippen LogP contribution < -0.4 is 4.74 Å². The van der Waals surface area contributed by atoms with Gasteiger partial charge in [-0.1, -0.05) is 32.0 Å². The summed E-state index contributed by atoms with van der Waals surface area (Å²) in [4.78, 5) is 19.1. The molecule has 0 aliphatic carbocycles. The molecule has 0 bridgehead atoms. The Morgan fingerprint density at radius 2 is 1.88 bits per heavy atom. The quantitative estimate of drug-likeness (QED) is 0.793. The number of rotatable bonds is 6. The predicted molar refractivity (Wildman–Crippen MR) is 102 cm³/mol. The molecule has 1 fully saturated rings. The average molecular weight is 355 g/mol. The number of amides is 1. The van der Waals surface area contributed by atoms with Crippen LogP contribution >= 0.6 is 0 Å². The second kappa shape index (κ2) is 8.39. The van der Waals surface area contributed by atoms with Gasteiger partial charge in [-0.15, -0.1) is 0 Å². The molecule has 3 rings (SSSR count). The third-order valence-electron chi connectivity index (χ3n) is 5.05. The molecular weight excluding hydrogens is 326 g/mol. The number of likely N-dealkylation sites (tertiary alicyclic amines) is 1. The first-order valence-corrected chi connectivity index (χ1v) is 9.56. The van der Waals surface area contributed by atoms with Crippen molar-refractivity contribution >= 4 is 5.91 Å².